The summed E-state index contributed by atoms with van der Waals surface area (Å²) in [7, 11) is 0. The van der Waals surface area contributed by atoms with Gasteiger partial charge in [-0.3, -0.25) is 9.69 Å². The van der Waals surface area contributed by atoms with Crippen LogP contribution in [-0.2, 0) is 4.79 Å². The van der Waals surface area contributed by atoms with Crippen LogP contribution in [0.5, 0.6) is 0 Å². The topological polar surface area (TPSA) is 74.2 Å². The molecule has 0 aliphatic carbocycles. The van der Waals surface area contributed by atoms with Gasteiger partial charge in [-0.05, 0) is 56.8 Å². The maximum Gasteiger partial charge on any atom is 0.236 e. The number of carbonyl (C=O) groups is 1. The highest BCUT2D eigenvalue weighted by molar-refractivity contribution is 5.78. The first-order valence-corrected chi connectivity index (χ1v) is 10.2. The molecule has 0 bridgehead atoms. The van der Waals surface area contributed by atoms with Crippen LogP contribution in [0.3, 0.4) is 0 Å². The molecule has 1 amide bonds. The number of carbonyl (C=O) groups excluding carboxylic acids is 1. The zero-order chi connectivity index (χ0) is 19.3. The van der Waals surface area contributed by atoms with Crippen molar-refractivity contribution in [3.05, 3.63) is 41.9 Å². The molecule has 0 aromatic carbocycles. The van der Waals surface area contributed by atoms with Crippen molar-refractivity contribution in [2.75, 3.05) is 38.0 Å². The highest BCUT2D eigenvalue weighted by atomic mass is 16.2. The first-order chi connectivity index (χ1) is 13.7. The van der Waals surface area contributed by atoms with Crippen LogP contribution < -0.4 is 5.32 Å². The van der Waals surface area contributed by atoms with Crippen LogP contribution in [0.15, 0.2) is 30.6 Å². The lowest BCUT2D eigenvalue weighted by Gasteiger charge is -2.33. The molecule has 1 N–H and O–H groups in total. The average Bonchev–Trinajstić information content (AvgIpc) is 3.25. The van der Waals surface area contributed by atoms with E-state index in [4.69, 9.17) is 4.98 Å². The Morgan fingerprint density at radius 2 is 2.00 bits per heavy atom. The molecular formula is C21H28N6O. The number of nitrogens with one attached hydrogen (secondary N) is 1. The molecule has 2 fully saturated rings. The predicted octanol–water partition coefficient (Wildman–Crippen LogP) is 2.73. The Hall–Kier alpha value is -2.54. The Morgan fingerprint density at radius 1 is 1.14 bits per heavy atom. The molecule has 7 nitrogen and oxygen atoms in total. The molecular weight excluding hydrogens is 352 g/mol. The summed E-state index contributed by atoms with van der Waals surface area (Å²) in [5.41, 5.74) is 2.15. The fourth-order valence-corrected chi connectivity index (χ4v) is 4.01. The molecule has 2 aromatic rings. The lowest BCUT2D eigenvalue weighted by Crippen LogP contribution is -2.43. The summed E-state index contributed by atoms with van der Waals surface area (Å²) in [5.74, 6) is 1.91. The van der Waals surface area contributed by atoms with Crippen LogP contribution in [0.25, 0.3) is 0 Å². The summed E-state index contributed by atoms with van der Waals surface area (Å²) < 4.78 is 0. The van der Waals surface area contributed by atoms with Crippen LogP contribution in [0.1, 0.15) is 42.9 Å². The molecule has 1 atom stereocenters. The van der Waals surface area contributed by atoms with E-state index in [1.54, 1.807) is 6.20 Å². The molecule has 0 radical (unpaired) electrons. The lowest BCUT2D eigenvalue weighted by atomic mass is 9.94. The number of piperidine rings is 1. The Morgan fingerprint density at radius 3 is 2.79 bits per heavy atom. The van der Waals surface area contributed by atoms with Crippen molar-refractivity contribution >= 4 is 17.7 Å². The predicted molar refractivity (Wildman–Crippen MR) is 109 cm³/mol. The van der Waals surface area contributed by atoms with Crippen molar-refractivity contribution in [3.8, 4) is 0 Å². The molecule has 0 saturated carbocycles. The van der Waals surface area contributed by atoms with Crippen molar-refractivity contribution in [1.82, 2.24) is 24.8 Å². The zero-order valence-corrected chi connectivity index (χ0v) is 16.5. The molecule has 0 spiro atoms. The second-order valence-electron chi connectivity index (χ2n) is 7.81. The maximum atomic E-state index is 12.5. The van der Waals surface area contributed by atoms with Crippen LogP contribution in [0.4, 0.5) is 11.8 Å². The molecule has 2 aliphatic heterocycles. The van der Waals surface area contributed by atoms with Gasteiger partial charge in [0, 0.05) is 37.9 Å². The summed E-state index contributed by atoms with van der Waals surface area (Å²) in [6.45, 7) is 6.24. The highest BCUT2D eigenvalue weighted by Gasteiger charge is 2.26. The molecule has 4 rings (SSSR count). The summed E-state index contributed by atoms with van der Waals surface area (Å²) in [4.78, 5) is 30.2. The van der Waals surface area contributed by atoms with Gasteiger partial charge in [-0.15, -0.1) is 0 Å². The first-order valence-electron chi connectivity index (χ1n) is 10.2. The van der Waals surface area contributed by atoms with Gasteiger partial charge < -0.3 is 10.2 Å². The zero-order valence-electron chi connectivity index (χ0n) is 16.5. The average molecular weight is 380 g/mol. The molecule has 4 heterocycles. The normalized spacial score (nSPS) is 20.3. The minimum atomic E-state index is 0.272. The number of nitrogens with zero attached hydrogens (tertiary/aromatic N) is 5. The van der Waals surface area contributed by atoms with Gasteiger partial charge >= 0.3 is 0 Å². The number of rotatable bonds is 5. The van der Waals surface area contributed by atoms with Gasteiger partial charge in [0.15, 0.2) is 0 Å². The van der Waals surface area contributed by atoms with Crippen molar-refractivity contribution in [3.63, 3.8) is 0 Å². The van der Waals surface area contributed by atoms with E-state index in [0.29, 0.717) is 18.4 Å². The SMILES string of the molecule is Cc1ccc(Nc2nccc([C@@H]3CCCN(CC(=O)N4CCCC4)C3)n2)nc1. The molecule has 0 unspecified atom stereocenters. The van der Waals surface area contributed by atoms with E-state index < -0.39 is 0 Å². The number of aryl methyl sites for hydroxylation is 1. The number of hydrogen-bond acceptors (Lipinski definition) is 6. The minimum absolute atomic E-state index is 0.272. The Balaban J connectivity index is 1.39. The van der Waals surface area contributed by atoms with Gasteiger partial charge in [0.2, 0.25) is 11.9 Å². The maximum absolute atomic E-state index is 12.5. The van der Waals surface area contributed by atoms with E-state index in [0.717, 1.165) is 68.9 Å². The molecule has 148 valence electrons. The fourth-order valence-electron chi connectivity index (χ4n) is 4.01. The quantitative estimate of drug-likeness (QED) is 0.860. The Bertz CT molecular complexity index is 803. The van der Waals surface area contributed by atoms with E-state index in [-0.39, 0.29) is 5.91 Å². The van der Waals surface area contributed by atoms with Gasteiger partial charge in [0.25, 0.3) is 0 Å². The summed E-state index contributed by atoms with van der Waals surface area (Å²) in [6, 6.07) is 5.93. The number of hydrogen-bond donors (Lipinski definition) is 1. The second kappa shape index (κ2) is 8.65. The van der Waals surface area contributed by atoms with E-state index >= 15 is 0 Å². The smallest absolute Gasteiger partial charge is 0.236 e. The number of anilines is 2. The van der Waals surface area contributed by atoms with Gasteiger partial charge in [-0.25, -0.2) is 15.0 Å². The summed E-state index contributed by atoms with van der Waals surface area (Å²) >= 11 is 0. The molecule has 7 heteroatoms. The van der Waals surface area contributed by atoms with E-state index in [9.17, 15) is 4.79 Å². The van der Waals surface area contributed by atoms with Gasteiger partial charge in [0.05, 0.1) is 12.2 Å². The number of likely N-dealkylation sites (tertiary alicyclic amines) is 2. The Kier molecular flexibility index (Phi) is 5.81. The van der Waals surface area contributed by atoms with Crippen molar-refractivity contribution < 1.29 is 4.79 Å². The van der Waals surface area contributed by atoms with Crippen LogP contribution >= 0.6 is 0 Å². The molecule has 2 aromatic heterocycles. The van der Waals surface area contributed by atoms with Crippen LogP contribution in [-0.4, -0.2) is 63.4 Å². The highest BCUT2D eigenvalue weighted by Crippen LogP contribution is 2.26. The van der Waals surface area contributed by atoms with Crippen LogP contribution in [0.2, 0.25) is 0 Å². The first kappa shape index (κ1) is 18.8. The molecule has 2 saturated heterocycles. The second-order valence-corrected chi connectivity index (χ2v) is 7.81. The number of amides is 1. The van der Waals surface area contributed by atoms with Crippen LogP contribution in [0, 0.1) is 6.92 Å². The number of pyridine rings is 1. The van der Waals surface area contributed by atoms with Gasteiger partial charge in [0.1, 0.15) is 5.82 Å². The van der Waals surface area contributed by atoms with Crippen molar-refractivity contribution in [1.29, 1.82) is 0 Å². The van der Waals surface area contributed by atoms with E-state index in [1.165, 1.54) is 0 Å². The van der Waals surface area contributed by atoms with E-state index in [1.807, 2.05) is 36.2 Å². The molecule has 2 aliphatic rings. The minimum Gasteiger partial charge on any atom is -0.342 e. The van der Waals surface area contributed by atoms with Crippen molar-refractivity contribution in [2.24, 2.45) is 0 Å². The largest absolute Gasteiger partial charge is 0.342 e. The summed E-state index contributed by atoms with van der Waals surface area (Å²) in [6.07, 6.45) is 8.08. The monoisotopic (exact) mass is 380 g/mol. The lowest BCUT2D eigenvalue weighted by molar-refractivity contribution is -0.131. The third-order valence-electron chi connectivity index (χ3n) is 5.57. The fraction of sp³-hybridized carbons (Fsp3) is 0.524. The summed E-state index contributed by atoms with van der Waals surface area (Å²) in [5, 5.41) is 3.18. The third kappa shape index (κ3) is 4.65. The standard InChI is InChI=1S/C21H28N6O/c1-16-6-7-19(23-13-16)25-21-22-9-8-18(24-21)17-5-4-10-26(14-17)15-20(28)27-11-2-3-12-27/h6-9,13,17H,2-5,10-12,14-15H2,1H3,(H,22,23,24,25)/t17-/m1/s1. The third-order valence-corrected chi connectivity index (χ3v) is 5.57. The van der Waals surface area contributed by atoms with E-state index in [2.05, 4.69) is 20.2 Å². The van der Waals surface area contributed by atoms with Crippen molar-refractivity contribution in [2.45, 2.75) is 38.5 Å². The Labute approximate surface area is 166 Å². The van der Waals surface area contributed by atoms with Gasteiger partial charge in [-0.2, -0.15) is 0 Å². The molecule has 28 heavy (non-hydrogen) atoms. The number of aromatic nitrogens is 3. The van der Waals surface area contributed by atoms with Gasteiger partial charge in [-0.1, -0.05) is 6.07 Å².